The molecule has 1 N–H and O–H groups in total. The summed E-state index contributed by atoms with van der Waals surface area (Å²) in [7, 11) is 0. The van der Waals surface area contributed by atoms with Gasteiger partial charge in [0.1, 0.15) is 5.56 Å². The summed E-state index contributed by atoms with van der Waals surface area (Å²) in [6.45, 7) is 4.12. The zero-order chi connectivity index (χ0) is 19.9. The van der Waals surface area contributed by atoms with Gasteiger partial charge in [-0.2, -0.15) is 5.10 Å². The van der Waals surface area contributed by atoms with Crippen LogP contribution in [-0.2, 0) is 22.5 Å². The molecule has 0 spiro atoms. The molecule has 1 amide bonds. The van der Waals surface area contributed by atoms with Crippen LogP contribution in [-0.4, -0.2) is 28.3 Å². The molecule has 2 aromatic carbocycles. The molecular weight excluding hydrogens is 354 g/mol. The summed E-state index contributed by atoms with van der Waals surface area (Å²) < 4.78 is 6.98. The molecule has 6 nitrogen and oxygen atoms in total. The molecule has 0 unspecified atom stereocenters. The number of benzene rings is 2. The van der Waals surface area contributed by atoms with Gasteiger partial charge >= 0.3 is 5.97 Å². The fourth-order valence-electron chi connectivity index (χ4n) is 2.98. The van der Waals surface area contributed by atoms with Gasteiger partial charge in [0.15, 0.2) is 6.61 Å². The van der Waals surface area contributed by atoms with Crippen molar-refractivity contribution in [1.29, 1.82) is 0 Å². The molecule has 144 valence electrons. The number of amides is 1. The number of nitrogens with one attached hydrogen (secondary N) is 1. The van der Waals surface area contributed by atoms with Crippen molar-refractivity contribution in [3.63, 3.8) is 0 Å². The minimum absolute atomic E-state index is 0.347. The van der Waals surface area contributed by atoms with E-state index in [2.05, 4.69) is 10.4 Å². The Kier molecular flexibility index (Phi) is 6.22. The first-order chi connectivity index (χ1) is 13.6. The monoisotopic (exact) mass is 377 g/mol. The van der Waals surface area contributed by atoms with E-state index in [1.165, 1.54) is 6.20 Å². The zero-order valence-corrected chi connectivity index (χ0v) is 16.0. The lowest BCUT2D eigenvalue weighted by atomic mass is 10.2. The molecular formula is C22H23N3O3. The van der Waals surface area contributed by atoms with Gasteiger partial charge in [0.2, 0.25) is 0 Å². The number of carbonyl (C=O) groups excluding carboxylic acids is 2. The van der Waals surface area contributed by atoms with Crippen LogP contribution in [0.4, 0.5) is 5.69 Å². The normalized spacial score (nSPS) is 10.5. The maximum absolute atomic E-state index is 12.4. The summed E-state index contributed by atoms with van der Waals surface area (Å²) in [5, 5.41) is 7.04. The summed E-state index contributed by atoms with van der Waals surface area (Å²) in [6, 6.07) is 17.3. The van der Waals surface area contributed by atoms with Gasteiger partial charge < -0.3 is 10.1 Å². The Bertz CT molecular complexity index is 964. The molecule has 6 heteroatoms. The van der Waals surface area contributed by atoms with E-state index in [0.717, 1.165) is 16.8 Å². The third-order valence-electron chi connectivity index (χ3n) is 4.31. The predicted octanol–water partition coefficient (Wildman–Crippen LogP) is 3.60. The minimum Gasteiger partial charge on any atom is -0.452 e. The van der Waals surface area contributed by atoms with E-state index in [1.54, 1.807) is 10.7 Å². The number of aryl methyl sites for hydroxylation is 1. The highest BCUT2D eigenvalue weighted by atomic mass is 16.5. The van der Waals surface area contributed by atoms with E-state index >= 15 is 0 Å². The highest BCUT2D eigenvalue weighted by Crippen LogP contribution is 2.14. The van der Waals surface area contributed by atoms with Gasteiger partial charge in [-0.05, 0) is 36.6 Å². The molecule has 0 aliphatic rings. The number of hydrogen-bond donors (Lipinski definition) is 1. The van der Waals surface area contributed by atoms with Gasteiger partial charge in [-0.25, -0.2) is 4.79 Å². The summed E-state index contributed by atoms with van der Waals surface area (Å²) in [6.07, 6.45) is 2.13. The Labute approximate surface area is 164 Å². The Morgan fingerprint density at radius 1 is 1.11 bits per heavy atom. The van der Waals surface area contributed by atoms with Crippen LogP contribution in [0.3, 0.4) is 0 Å². The van der Waals surface area contributed by atoms with E-state index in [-0.39, 0.29) is 12.5 Å². The van der Waals surface area contributed by atoms with Crippen LogP contribution in [0.5, 0.6) is 0 Å². The number of anilines is 1. The molecule has 0 atom stereocenters. The van der Waals surface area contributed by atoms with Gasteiger partial charge in [0.05, 0.1) is 18.4 Å². The number of carbonyl (C=O) groups is 2. The molecule has 3 aromatic rings. The second-order valence-corrected chi connectivity index (χ2v) is 6.50. The first-order valence-corrected chi connectivity index (χ1v) is 9.19. The van der Waals surface area contributed by atoms with Crippen molar-refractivity contribution >= 4 is 17.6 Å². The summed E-state index contributed by atoms with van der Waals surface area (Å²) in [4.78, 5) is 24.5. The highest BCUT2D eigenvalue weighted by molar-refractivity contribution is 5.95. The summed E-state index contributed by atoms with van der Waals surface area (Å²) in [5.74, 6) is -0.927. The fourth-order valence-corrected chi connectivity index (χ4v) is 2.98. The third-order valence-corrected chi connectivity index (χ3v) is 4.31. The second-order valence-electron chi connectivity index (χ2n) is 6.50. The molecule has 0 fully saturated rings. The largest absolute Gasteiger partial charge is 0.452 e. The van der Waals surface area contributed by atoms with E-state index in [9.17, 15) is 9.59 Å². The lowest BCUT2D eigenvalue weighted by Gasteiger charge is -2.09. The third kappa shape index (κ3) is 4.85. The van der Waals surface area contributed by atoms with Crippen LogP contribution < -0.4 is 5.32 Å². The second kappa shape index (κ2) is 8.99. The lowest BCUT2D eigenvalue weighted by Crippen LogP contribution is -2.21. The van der Waals surface area contributed by atoms with Crippen LogP contribution in [0.25, 0.3) is 0 Å². The predicted molar refractivity (Wildman–Crippen MR) is 107 cm³/mol. The molecule has 0 aliphatic heterocycles. The van der Waals surface area contributed by atoms with Crippen molar-refractivity contribution in [3.8, 4) is 0 Å². The van der Waals surface area contributed by atoms with Crippen molar-refractivity contribution in [1.82, 2.24) is 9.78 Å². The van der Waals surface area contributed by atoms with Crippen LogP contribution in [0.1, 0.15) is 34.1 Å². The Hall–Kier alpha value is -3.41. The molecule has 3 rings (SSSR count). The number of esters is 1. The first kappa shape index (κ1) is 19.4. The molecule has 0 radical (unpaired) electrons. The van der Waals surface area contributed by atoms with Crippen molar-refractivity contribution < 1.29 is 14.3 Å². The van der Waals surface area contributed by atoms with E-state index < -0.39 is 5.97 Å². The zero-order valence-electron chi connectivity index (χ0n) is 16.0. The highest BCUT2D eigenvalue weighted by Gasteiger charge is 2.19. The van der Waals surface area contributed by atoms with E-state index in [1.807, 2.05) is 62.4 Å². The van der Waals surface area contributed by atoms with Crippen molar-refractivity contribution in [2.45, 2.75) is 26.8 Å². The van der Waals surface area contributed by atoms with Crippen LogP contribution in [0.15, 0.2) is 60.8 Å². The molecule has 0 aliphatic carbocycles. The maximum Gasteiger partial charge on any atom is 0.342 e. The maximum atomic E-state index is 12.4. The van der Waals surface area contributed by atoms with Gasteiger partial charge in [0, 0.05) is 5.69 Å². The SMILES string of the molecule is CCc1c(C(=O)OCC(=O)Nc2cccc(C)c2)cnn1Cc1ccccc1. The van der Waals surface area contributed by atoms with Gasteiger partial charge in [-0.3, -0.25) is 9.48 Å². The van der Waals surface area contributed by atoms with Gasteiger partial charge in [0.25, 0.3) is 5.91 Å². The standard InChI is InChI=1S/C22H23N3O3/c1-3-20-19(13-23-25(20)14-17-9-5-4-6-10-17)22(27)28-15-21(26)24-18-11-7-8-16(2)12-18/h4-13H,3,14-15H2,1-2H3,(H,24,26). The summed E-state index contributed by atoms with van der Waals surface area (Å²) in [5.41, 5.74) is 3.98. The van der Waals surface area contributed by atoms with Crippen LogP contribution in [0.2, 0.25) is 0 Å². The minimum atomic E-state index is -0.546. The number of rotatable bonds is 7. The van der Waals surface area contributed by atoms with E-state index in [0.29, 0.717) is 24.2 Å². The van der Waals surface area contributed by atoms with Crippen LogP contribution >= 0.6 is 0 Å². The summed E-state index contributed by atoms with van der Waals surface area (Å²) >= 11 is 0. The van der Waals surface area contributed by atoms with Crippen LogP contribution in [0, 0.1) is 6.92 Å². The molecule has 28 heavy (non-hydrogen) atoms. The number of hydrogen-bond acceptors (Lipinski definition) is 4. The fraction of sp³-hybridized carbons (Fsp3) is 0.227. The molecule has 1 aromatic heterocycles. The Morgan fingerprint density at radius 2 is 1.89 bits per heavy atom. The van der Waals surface area contributed by atoms with Gasteiger partial charge in [-0.15, -0.1) is 0 Å². The van der Waals surface area contributed by atoms with Crippen molar-refractivity contribution in [2.75, 3.05) is 11.9 Å². The number of aromatic nitrogens is 2. The lowest BCUT2D eigenvalue weighted by molar-refractivity contribution is -0.119. The average molecular weight is 377 g/mol. The van der Waals surface area contributed by atoms with E-state index in [4.69, 9.17) is 4.74 Å². The first-order valence-electron chi connectivity index (χ1n) is 9.19. The number of ether oxygens (including phenoxy) is 1. The number of nitrogens with zero attached hydrogens (tertiary/aromatic N) is 2. The molecule has 0 saturated heterocycles. The van der Waals surface area contributed by atoms with Crippen molar-refractivity contribution in [2.24, 2.45) is 0 Å². The quantitative estimate of drug-likeness (QED) is 0.639. The molecule has 0 bridgehead atoms. The smallest absolute Gasteiger partial charge is 0.342 e. The van der Waals surface area contributed by atoms with Crippen molar-refractivity contribution in [3.05, 3.63) is 83.2 Å². The Morgan fingerprint density at radius 3 is 2.61 bits per heavy atom. The average Bonchev–Trinajstić information content (AvgIpc) is 3.09. The Balaban J connectivity index is 1.61. The topological polar surface area (TPSA) is 73.2 Å². The van der Waals surface area contributed by atoms with Gasteiger partial charge in [-0.1, -0.05) is 49.4 Å². The molecule has 1 heterocycles. The molecule has 0 saturated carbocycles.